The number of hydrogen-bond acceptors (Lipinski definition) is 3. The van der Waals surface area contributed by atoms with Gasteiger partial charge in [0.15, 0.2) is 0 Å². The fraction of sp³-hybridized carbons (Fsp3) is 0.941. The van der Waals surface area contributed by atoms with Gasteiger partial charge in [-0.2, -0.15) is 0 Å². The second-order valence-electron chi connectivity index (χ2n) is 6.96. The van der Waals surface area contributed by atoms with Crippen molar-refractivity contribution in [1.82, 2.24) is 9.80 Å². The van der Waals surface area contributed by atoms with Crippen LogP contribution in [0.5, 0.6) is 0 Å². The summed E-state index contributed by atoms with van der Waals surface area (Å²) in [4.78, 5) is 17.1. The van der Waals surface area contributed by atoms with E-state index in [-0.39, 0.29) is 5.91 Å². The van der Waals surface area contributed by atoms with E-state index in [4.69, 9.17) is 4.74 Å². The maximum atomic E-state index is 12.6. The van der Waals surface area contributed by atoms with Crippen molar-refractivity contribution in [2.24, 2.45) is 5.92 Å². The van der Waals surface area contributed by atoms with Crippen LogP contribution in [-0.4, -0.2) is 60.6 Å². The molecule has 1 saturated heterocycles. The minimum absolute atomic E-state index is 0.237. The molecule has 1 spiro atoms. The molecule has 4 heteroatoms. The molecule has 1 heterocycles. The van der Waals surface area contributed by atoms with E-state index < -0.39 is 5.60 Å². The molecule has 0 aromatic rings. The third-order valence-corrected chi connectivity index (χ3v) is 4.72. The zero-order chi connectivity index (χ0) is 15.3. The van der Waals surface area contributed by atoms with Crippen molar-refractivity contribution in [3.05, 3.63) is 0 Å². The first kappa shape index (κ1) is 16.8. The van der Waals surface area contributed by atoms with Crippen LogP contribution < -0.4 is 0 Å². The minimum Gasteiger partial charge on any atom is -0.364 e. The topological polar surface area (TPSA) is 32.8 Å². The Morgan fingerprint density at radius 1 is 1.19 bits per heavy atom. The minimum atomic E-state index is -0.454. The number of likely N-dealkylation sites (N-methyl/N-ethyl adjacent to an activating group) is 1. The van der Waals surface area contributed by atoms with Crippen LogP contribution in [0.3, 0.4) is 0 Å². The zero-order valence-electron chi connectivity index (χ0n) is 14.1. The van der Waals surface area contributed by atoms with E-state index in [2.05, 4.69) is 25.7 Å². The Morgan fingerprint density at radius 2 is 1.90 bits per heavy atom. The third-order valence-electron chi connectivity index (χ3n) is 4.72. The summed E-state index contributed by atoms with van der Waals surface area (Å²) in [5.74, 6) is 0.983. The summed E-state index contributed by atoms with van der Waals surface area (Å²) < 4.78 is 6.02. The van der Waals surface area contributed by atoms with Gasteiger partial charge in [0.2, 0.25) is 0 Å². The fourth-order valence-electron chi connectivity index (χ4n) is 3.01. The Kier molecular flexibility index (Phi) is 6.06. The number of ether oxygens (including phenoxy) is 1. The van der Waals surface area contributed by atoms with Crippen molar-refractivity contribution in [2.75, 3.05) is 39.3 Å². The van der Waals surface area contributed by atoms with Crippen LogP contribution in [0.2, 0.25) is 0 Å². The molecule has 122 valence electrons. The van der Waals surface area contributed by atoms with Gasteiger partial charge in [0, 0.05) is 19.6 Å². The van der Waals surface area contributed by atoms with E-state index in [1.165, 1.54) is 12.8 Å². The van der Waals surface area contributed by atoms with Crippen LogP contribution in [0.15, 0.2) is 0 Å². The van der Waals surface area contributed by atoms with Gasteiger partial charge in [-0.05, 0) is 58.0 Å². The van der Waals surface area contributed by atoms with Crippen LogP contribution in [0.25, 0.3) is 0 Å². The lowest BCUT2D eigenvalue weighted by atomic mass is 10.1. The molecule has 0 radical (unpaired) electrons. The summed E-state index contributed by atoms with van der Waals surface area (Å²) in [7, 11) is 0. The van der Waals surface area contributed by atoms with Crippen LogP contribution in [0.4, 0.5) is 0 Å². The van der Waals surface area contributed by atoms with Gasteiger partial charge in [-0.25, -0.2) is 0 Å². The number of carbonyl (C=O) groups excluding carboxylic acids is 1. The Labute approximate surface area is 129 Å². The molecule has 0 aromatic carbocycles. The van der Waals surface area contributed by atoms with Crippen LogP contribution in [0.1, 0.15) is 52.9 Å². The van der Waals surface area contributed by atoms with Gasteiger partial charge in [0.25, 0.3) is 5.91 Å². The molecule has 1 aliphatic heterocycles. The average molecular weight is 296 g/mol. The van der Waals surface area contributed by atoms with E-state index >= 15 is 0 Å². The highest BCUT2D eigenvalue weighted by Gasteiger charge is 2.52. The van der Waals surface area contributed by atoms with Crippen molar-refractivity contribution in [2.45, 2.75) is 58.5 Å². The lowest BCUT2D eigenvalue weighted by Crippen LogP contribution is -2.43. The lowest BCUT2D eigenvalue weighted by molar-refractivity contribution is -0.146. The van der Waals surface area contributed by atoms with E-state index in [1.807, 2.05) is 4.90 Å². The molecule has 0 atom stereocenters. The molecule has 4 nitrogen and oxygen atoms in total. The second-order valence-corrected chi connectivity index (χ2v) is 6.96. The summed E-state index contributed by atoms with van der Waals surface area (Å²) in [6.07, 6.45) is 5.34. The first-order valence-electron chi connectivity index (χ1n) is 8.73. The van der Waals surface area contributed by atoms with Gasteiger partial charge in [-0.15, -0.1) is 0 Å². The molecule has 21 heavy (non-hydrogen) atoms. The van der Waals surface area contributed by atoms with Crippen molar-refractivity contribution in [3.8, 4) is 0 Å². The number of rotatable bonds is 4. The lowest BCUT2D eigenvalue weighted by Gasteiger charge is -2.26. The second kappa shape index (κ2) is 7.59. The number of nitrogens with zero attached hydrogens (tertiary/aromatic N) is 2. The van der Waals surface area contributed by atoms with Crippen LogP contribution >= 0.6 is 0 Å². The predicted molar refractivity (Wildman–Crippen MR) is 85.3 cm³/mol. The third kappa shape index (κ3) is 4.68. The van der Waals surface area contributed by atoms with Gasteiger partial charge >= 0.3 is 0 Å². The van der Waals surface area contributed by atoms with Crippen LogP contribution in [-0.2, 0) is 9.53 Å². The molecular formula is C17H32N2O2. The van der Waals surface area contributed by atoms with Gasteiger partial charge < -0.3 is 14.5 Å². The Morgan fingerprint density at radius 3 is 2.52 bits per heavy atom. The van der Waals surface area contributed by atoms with Crippen molar-refractivity contribution < 1.29 is 9.53 Å². The molecule has 0 N–H and O–H groups in total. The molecule has 2 fully saturated rings. The van der Waals surface area contributed by atoms with Gasteiger partial charge in [-0.1, -0.05) is 13.8 Å². The van der Waals surface area contributed by atoms with E-state index in [9.17, 15) is 4.79 Å². The maximum absolute atomic E-state index is 12.6. The van der Waals surface area contributed by atoms with Gasteiger partial charge in [-0.3, -0.25) is 4.79 Å². The highest BCUT2D eigenvalue weighted by atomic mass is 16.5. The fourth-order valence-corrected chi connectivity index (χ4v) is 3.01. The van der Waals surface area contributed by atoms with Crippen molar-refractivity contribution in [1.29, 1.82) is 0 Å². The SMILES string of the molecule is CCN1CCCCN(CCC(C)C)CCOC2(CC2)C1=O. The molecule has 1 amide bonds. The Bertz CT molecular complexity index is 340. The predicted octanol–water partition coefficient (Wildman–Crippen LogP) is 2.53. The molecule has 1 saturated carbocycles. The first-order valence-corrected chi connectivity index (χ1v) is 8.73. The Hall–Kier alpha value is -0.610. The molecular weight excluding hydrogens is 264 g/mol. The molecule has 0 aromatic heterocycles. The van der Waals surface area contributed by atoms with Gasteiger partial charge in [0.05, 0.1) is 6.61 Å². The molecule has 0 bridgehead atoms. The smallest absolute Gasteiger partial charge is 0.254 e. The van der Waals surface area contributed by atoms with Crippen molar-refractivity contribution in [3.63, 3.8) is 0 Å². The summed E-state index contributed by atoms with van der Waals surface area (Å²) in [5.41, 5.74) is -0.454. The number of amides is 1. The highest BCUT2D eigenvalue weighted by molar-refractivity contribution is 5.88. The van der Waals surface area contributed by atoms with Crippen molar-refractivity contribution >= 4 is 5.91 Å². The number of hydrogen-bond donors (Lipinski definition) is 0. The summed E-state index contributed by atoms with van der Waals surface area (Å²) in [5, 5.41) is 0. The summed E-state index contributed by atoms with van der Waals surface area (Å²) in [6.45, 7) is 12.3. The average Bonchev–Trinajstić information content (AvgIpc) is 3.24. The number of carbonyl (C=O) groups is 1. The van der Waals surface area contributed by atoms with E-state index in [0.717, 1.165) is 57.9 Å². The normalized spacial score (nSPS) is 24.4. The summed E-state index contributed by atoms with van der Waals surface area (Å²) >= 11 is 0. The quantitative estimate of drug-likeness (QED) is 0.799. The maximum Gasteiger partial charge on any atom is 0.254 e. The standard InChI is InChI=1S/C17H32N2O2/c1-4-19-11-6-5-10-18(12-7-15(2)3)13-14-21-17(8-9-17)16(19)20/h15H,4-14H2,1-3H3. The monoisotopic (exact) mass is 296 g/mol. The molecule has 1 aliphatic carbocycles. The highest BCUT2D eigenvalue weighted by Crippen LogP contribution is 2.41. The molecule has 2 rings (SSSR count). The largest absolute Gasteiger partial charge is 0.364 e. The van der Waals surface area contributed by atoms with E-state index in [1.54, 1.807) is 0 Å². The molecule has 0 unspecified atom stereocenters. The molecule has 2 aliphatic rings. The van der Waals surface area contributed by atoms with E-state index in [0.29, 0.717) is 6.61 Å². The van der Waals surface area contributed by atoms with Gasteiger partial charge in [0.1, 0.15) is 5.60 Å². The first-order chi connectivity index (χ1) is 10.1. The zero-order valence-corrected chi connectivity index (χ0v) is 14.1. The summed E-state index contributed by atoms with van der Waals surface area (Å²) in [6, 6.07) is 0. The van der Waals surface area contributed by atoms with Crippen LogP contribution in [0, 0.1) is 5.92 Å². The Balaban J connectivity index is 1.92.